The third-order valence-electron chi connectivity index (χ3n) is 6.81. The molecule has 9 heteroatoms. The third kappa shape index (κ3) is 7.21. The molecular weight excluding hydrogens is 490 g/mol. The summed E-state index contributed by atoms with van der Waals surface area (Å²) in [6, 6.07) is 11.3. The van der Waals surface area contributed by atoms with Crippen LogP contribution in [0.25, 0.3) is 0 Å². The Labute approximate surface area is 224 Å². The van der Waals surface area contributed by atoms with Crippen molar-refractivity contribution in [3.05, 3.63) is 58.9 Å². The number of amides is 2. The maximum Gasteiger partial charge on any atom is 0.262 e. The van der Waals surface area contributed by atoms with Crippen molar-refractivity contribution in [2.75, 3.05) is 45.9 Å². The van der Waals surface area contributed by atoms with Crippen LogP contribution in [0.3, 0.4) is 0 Å². The summed E-state index contributed by atoms with van der Waals surface area (Å²) in [5, 5.41) is 7.00. The lowest BCUT2D eigenvalue weighted by atomic mass is 9.91. The predicted octanol–water partition coefficient (Wildman–Crippen LogP) is 3.95. The third-order valence-corrected chi connectivity index (χ3v) is 7.06. The lowest BCUT2D eigenvalue weighted by Gasteiger charge is -2.32. The monoisotopic (exact) mass is 527 g/mol. The van der Waals surface area contributed by atoms with Crippen LogP contribution in [0, 0.1) is 5.41 Å². The van der Waals surface area contributed by atoms with E-state index in [1.807, 2.05) is 75.0 Å². The van der Waals surface area contributed by atoms with Crippen molar-refractivity contribution in [1.82, 2.24) is 19.4 Å². The van der Waals surface area contributed by atoms with Crippen molar-refractivity contribution < 1.29 is 14.3 Å². The largest absolute Gasteiger partial charge is 0.379 e. The summed E-state index contributed by atoms with van der Waals surface area (Å²) in [6.07, 6.45) is 2.94. The minimum atomic E-state index is -0.256. The summed E-state index contributed by atoms with van der Waals surface area (Å²) >= 11 is 6.13. The zero-order valence-corrected chi connectivity index (χ0v) is 23.1. The standard InChI is InChI=1S/C28H38ClN5O3/c1-28(2,3)19-26(35)33(13-12-32-14-16-37-17-15-32)20-27(36)34-25(21-7-9-22(29)10-8-21)18-23(30-34)24-6-5-11-31(24)4/h5-11,25H,12-20H2,1-4H3/t25-/m0/s1. The van der Waals surface area contributed by atoms with E-state index in [-0.39, 0.29) is 29.8 Å². The highest BCUT2D eigenvalue weighted by molar-refractivity contribution is 6.30. The number of rotatable bonds is 8. The maximum absolute atomic E-state index is 13.8. The Balaban J connectivity index is 1.56. The number of hydrogen-bond acceptors (Lipinski definition) is 5. The number of ether oxygens (including phenoxy) is 1. The molecular formula is C28H38ClN5O3. The molecule has 1 aromatic heterocycles. The van der Waals surface area contributed by atoms with Crippen molar-refractivity contribution in [2.45, 2.75) is 39.7 Å². The van der Waals surface area contributed by atoms with Crippen LogP contribution in [-0.4, -0.2) is 82.8 Å². The first-order valence-electron chi connectivity index (χ1n) is 13.0. The van der Waals surface area contributed by atoms with Crippen LogP contribution in [0.4, 0.5) is 0 Å². The van der Waals surface area contributed by atoms with Gasteiger partial charge in [0.1, 0.15) is 6.54 Å². The molecule has 0 N–H and O–H groups in total. The van der Waals surface area contributed by atoms with Gasteiger partial charge in [0.25, 0.3) is 5.91 Å². The molecule has 0 spiro atoms. The van der Waals surface area contributed by atoms with Crippen molar-refractivity contribution in [3.8, 4) is 0 Å². The van der Waals surface area contributed by atoms with Crippen LogP contribution >= 0.6 is 11.6 Å². The fourth-order valence-electron chi connectivity index (χ4n) is 4.78. The number of aromatic nitrogens is 1. The molecule has 0 bridgehead atoms. The van der Waals surface area contributed by atoms with Crippen LogP contribution in [0.5, 0.6) is 0 Å². The van der Waals surface area contributed by atoms with Crippen LogP contribution in [0.1, 0.15) is 50.9 Å². The number of benzene rings is 1. The van der Waals surface area contributed by atoms with E-state index in [0.717, 1.165) is 30.1 Å². The normalized spacial score (nSPS) is 18.7. The summed E-state index contributed by atoms with van der Waals surface area (Å²) in [5.41, 5.74) is 2.62. The fraction of sp³-hybridized carbons (Fsp3) is 0.536. The topological polar surface area (TPSA) is 70.4 Å². The van der Waals surface area contributed by atoms with Crippen LogP contribution < -0.4 is 0 Å². The molecule has 2 aromatic rings. The first kappa shape index (κ1) is 27.4. The van der Waals surface area contributed by atoms with Gasteiger partial charge in [-0.05, 0) is 35.2 Å². The number of hydrogen-bond donors (Lipinski definition) is 0. The first-order chi connectivity index (χ1) is 17.6. The van der Waals surface area contributed by atoms with E-state index in [2.05, 4.69) is 4.90 Å². The lowest BCUT2D eigenvalue weighted by Crippen LogP contribution is -2.47. The summed E-state index contributed by atoms with van der Waals surface area (Å²) in [4.78, 5) is 31.1. The summed E-state index contributed by atoms with van der Waals surface area (Å²) in [6.45, 7) is 10.4. The molecule has 2 amide bonds. The average molecular weight is 528 g/mol. The zero-order valence-electron chi connectivity index (χ0n) is 22.3. The van der Waals surface area contributed by atoms with E-state index in [4.69, 9.17) is 21.4 Å². The highest BCUT2D eigenvalue weighted by atomic mass is 35.5. The highest BCUT2D eigenvalue weighted by Gasteiger charge is 2.35. The van der Waals surface area contributed by atoms with Gasteiger partial charge in [-0.25, -0.2) is 5.01 Å². The van der Waals surface area contributed by atoms with Gasteiger partial charge in [-0.1, -0.05) is 44.5 Å². The molecule has 1 atom stereocenters. The minimum absolute atomic E-state index is 0.00669. The Morgan fingerprint density at radius 1 is 1.14 bits per heavy atom. The molecule has 2 aliphatic rings. The Hall–Kier alpha value is -2.68. The average Bonchev–Trinajstić information content (AvgIpc) is 3.48. The molecule has 0 unspecified atom stereocenters. The zero-order chi connectivity index (χ0) is 26.6. The number of morpholine rings is 1. The molecule has 1 saturated heterocycles. The molecule has 0 aliphatic carbocycles. The number of nitrogens with zero attached hydrogens (tertiary/aromatic N) is 5. The maximum atomic E-state index is 13.8. The van der Waals surface area contributed by atoms with Crippen LogP contribution in [0.15, 0.2) is 47.7 Å². The van der Waals surface area contributed by atoms with E-state index in [9.17, 15) is 9.59 Å². The van der Waals surface area contributed by atoms with Gasteiger partial charge in [0, 0.05) is 57.3 Å². The number of halogens is 1. The summed E-state index contributed by atoms with van der Waals surface area (Å²) in [5.74, 6) is -0.198. The molecule has 2 aliphatic heterocycles. The van der Waals surface area contributed by atoms with Crippen molar-refractivity contribution in [2.24, 2.45) is 17.6 Å². The Bertz CT molecular complexity index is 1120. The highest BCUT2D eigenvalue weighted by Crippen LogP contribution is 2.33. The summed E-state index contributed by atoms with van der Waals surface area (Å²) < 4.78 is 7.46. The molecule has 200 valence electrons. The molecule has 1 fully saturated rings. The van der Waals surface area contributed by atoms with Crippen molar-refractivity contribution >= 4 is 29.1 Å². The molecule has 0 radical (unpaired) electrons. The first-order valence-corrected chi connectivity index (χ1v) is 13.3. The van der Waals surface area contributed by atoms with Crippen LogP contribution in [0.2, 0.25) is 5.02 Å². The number of hydrazone groups is 1. The van der Waals surface area contributed by atoms with Gasteiger partial charge in [0.2, 0.25) is 5.91 Å². The van der Waals surface area contributed by atoms with Gasteiger partial charge in [-0.15, -0.1) is 0 Å². The van der Waals surface area contributed by atoms with Gasteiger partial charge < -0.3 is 14.2 Å². The second-order valence-corrected chi connectivity index (χ2v) is 11.5. The Morgan fingerprint density at radius 2 is 1.84 bits per heavy atom. The van der Waals surface area contributed by atoms with Gasteiger partial charge >= 0.3 is 0 Å². The smallest absolute Gasteiger partial charge is 0.262 e. The second kappa shape index (κ2) is 11.8. The van der Waals surface area contributed by atoms with E-state index in [0.29, 0.717) is 44.2 Å². The number of carbonyl (C=O) groups is 2. The fourth-order valence-corrected chi connectivity index (χ4v) is 4.91. The SMILES string of the molecule is Cn1cccc1C1=NN(C(=O)CN(CCN2CCOCC2)C(=O)CC(C)(C)C)[C@H](c2ccc(Cl)cc2)C1. The molecule has 1 aromatic carbocycles. The second-order valence-electron chi connectivity index (χ2n) is 11.1. The van der Waals surface area contributed by atoms with Gasteiger partial charge in [0.05, 0.1) is 30.7 Å². The van der Waals surface area contributed by atoms with Crippen LogP contribution in [-0.2, 0) is 21.4 Å². The Morgan fingerprint density at radius 3 is 2.46 bits per heavy atom. The molecule has 0 saturated carbocycles. The van der Waals surface area contributed by atoms with E-state index in [1.54, 1.807) is 9.91 Å². The predicted molar refractivity (Wildman–Crippen MR) is 146 cm³/mol. The van der Waals surface area contributed by atoms with E-state index >= 15 is 0 Å². The van der Waals surface area contributed by atoms with Gasteiger partial charge in [-0.3, -0.25) is 14.5 Å². The van der Waals surface area contributed by atoms with Crippen molar-refractivity contribution in [1.29, 1.82) is 0 Å². The van der Waals surface area contributed by atoms with Crippen molar-refractivity contribution in [3.63, 3.8) is 0 Å². The molecule has 37 heavy (non-hydrogen) atoms. The molecule has 4 rings (SSSR count). The minimum Gasteiger partial charge on any atom is -0.379 e. The lowest BCUT2D eigenvalue weighted by molar-refractivity contribution is -0.142. The quantitative estimate of drug-likeness (QED) is 0.521. The van der Waals surface area contributed by atoms with Gasteiger partial charge in [0.15, 0.2) is 0 Å². The van der Waals surface area contributed by atoms with Gasteiger partial charge in [-0.2, -0.15) is 5.10 Å². The number of aryl methyl sites for hydroxylation is 1. The Kier molecular flexibility index (Phi) is 8.72. The van der Waals surface area contributed by atoms with E-state index in [1.165, 1.54) is 0 Å². The molecule has 3 heterocycles. The molecule has 8 nitrogen and oxygen atoms in total. The van der Waals surface area contributed by atoms with E-state index < -0.39 is 0 Å². The number of carbonyl (C=O) groups excluding carboxylic acids is 2. The summed E-state index contributed by atoms with van der Waals surface area (Å²) in [7, 11) is 1.97.